The fraction of sp³-hybridized carbons (Fsp3) is 1.00. The molecule has 14 heavy (non-hydrogen) atoms. The van der Waals surface area contributed by atoms with Gasteiger partial charge < -0.3 is 15.3 Å². The van der Waals surface area contributed by atoms with E-state index >= 15 is 0 Å². The minimum atomic E-state index is -0.372. The van der Waals surface area contributed by atoms with E-state index in [2.05, 4.69) is 0 Å². The number of rotatable bonds is 8. The first kappa shape index (κ1) is 13.8. The summed E-state index contributed by atoms with van der Waals surface area (Å²) >= 11 is 0. The second kappa shape index (κ2) is 8.17. The van der Waals surface area contributed by atoms with Crippen molar-refractivity contribution in [1.82, 2.24) is 4.90 Å². The molecule has 0 aliphatic carbocycles. The van der Waals surface area contributed by atoms with Gasteiger partial charge in [0.2, 0.25) is 0 Å². The maximum absolute atomic E-state index is 9.22. The monoisotopic (exact) mass is 205 g/mol. The van der Waals surface area contributed by atoms with Gasteiger partial charge in [-0.05, 0) is 33.2 Å². The Bertz CT molecular complexity index is 119. The number of hydrogen-bond donors (Lipinski definition) is 3. The van der Waals surface area contributed by atoms with Crippen molar-refractivity contribution in [1.29, 1.82) is 0 Å². The first-order valence-electron chi connectivity index (χ1n) is 5.25. The Morgan fingerprint density at radius 2 is 1.50 bits per heavy atom. The van der Waals surface area contributed by atoms with Crippen LogP contribution in [0.4, 0.5) is 0 Å². The molecule has 86 valence electrons. The number of hydrogen-bond acceptors (Lipinski definition) is 4. The third-order valence-electron chi connectivity index (χ3n) is 1.93. The predicted octanol–water partition coefficient (Wildman–Crippen LogP) is -0.177. The van der Waals surface area contributed by atoms with E-state index in [4.69, 9.17) is 5.11 Å². The van der Waals surface area contributed by atoms with Crippen LogP contribution in [0.2, 0.25) is 0 Å². The van der Waals surface area contributed by atoms with Gasteiger partial charge in [-0.3, -0.25) is 4.90 Å². The first-order chi connectivity index (χ1) is 6.56. The van der Waals surface area contributed by atoms with Crippen molar-refractivity contribution in [3.8, 4) is 0 Å². The molecule has 0 aromatic rings. The van der Waals surface area contributed by atoms with Crippen molar-refractivity contribution in [2.45, 2.75) is 38.9 Å². The summed E-state index contributed by atoms with van der Waals surface area (Å²) in [5.41, 5.74) is 0. The van der Waals surface area contributed by atoms with Gasteiger partial charge >= 0.3 is 0 Å². The molecule has 0 saturated carbocycles. The molecule has 0 saturated heterocycles. The number of aliphatic hydroxyl groups excluding tert-OH is 3. The van der Waals surface area contributed by atoms with Crippen LogP contribution in [0.5, 0.6) is 0 Å². The van der Waals surface area contributed by atoms with E-state index in [0.717, 1.165) is 19.4 Å². The van der Waals surface area contributed by atoms with Gasteiger partial charge in [-0.2, -0.15) is 0 Å². The molecule has 0 aliphatic heterocycles. The topological polar surface area (TPSA) is 63.9 Å². The van der Waals surface area contributed by atoms with Crippen LogP contribution in [-0.4, -0.2) is 58.7 Å². The van der Waals surface area contributed by atoms with Gasteiger partial charge in [0.1, 0.15) is 0 Å². The molecule has 2 atom stereocenters. The lowest BCUT2D eigenvalue weighted by molar-refractivity contribution is 0.0817. The first-order valence-corrected chi connectivity index (χ1v) is 5.25. The zero-order chi connectivity index (χ0) is 11.0. The average Bonchev–Trinajstić information content (AvgIpc) is 2.02. The summed E-state index contributed by atoms with van der Waals surface area (Å²) in [6.07, 6.45) is 0.928. The number of aliphatic hydroxyl groups is 3. The minimum absolute atomic E-state index is 0.206. The molecule has 0 bridgehead atoms. The van der Waals surface area contributed by atoms with Gasteiger partial charge in [-0.1, -0.05) is 0 Å². The fourth-order valence-electron chi connectivity index (χ4n) is 1.45. The molecule has 0 spiro atoms. The molecule has 0 aliphatic rings. The van der Waals surface area contributed by atoms with E-state index in [-0.39, 0.29) is 18.8 Å². The molecule has 4 heteroatoms. The highest BCUT2D eigenvalue weighted by atomic mass is 16.3. The Balaban J connectivity index is 3.72. The van der Waals surface area contributed by atoms with Crippen LogP contribution >= 0.6 is 0 Å². The van der Waals surface area contributed by atoms with Gasteiger partial charge in [-0.25, -0.2) is 0 Å². The van der Waals surface area contributed by atoms with Crippen molar-refractivity contribution in [3.63, 3.8) is 0 Å². The molecule has 0 aromatic carbocycles. The zero-order valence-electron chi connectivity index (χ0n) is 9.19. The Kier molecular flexibility index (Phi) is 8.08. The fourth-order valence-corrected chi connectivity index (χ4v) is 1.45. The second-order valence-electron chi connectivity index (χ2n) is 3.89. The Morgan fingerprint density at radius 1 is 1.00 bits per heavy atom. The zero-order valence-corrected chi connectivity index (χ0v) is 9.19. The van der Waals surface area contributed by atoms with Crippen LogP contribution in [0.1, 0.15) is 26.7 Å². The van der Waals surface area contributed by atoms with E-state index in [0.29, 0.717) is 13.1 Å². The summed E-state index contributed by atoms with van der Waals surface area (Å²) in [6.45, 7) is 5.66. The van der Waals surface area contributed by atoms with Crippen molar-refractivity contribution in [3.05, 3.63) is 0 Å². The normalized spacial score (nSPS) is 15.9. The quantitative estimate of drug-likeness (QED) is 0.481. The molecule has 0 amide bonds. The molecule has 0 radical (unpaired) electrons. The molecule has 4 nitrogen and oxygen atoms in total. The summed E-state index contributed by atoms with van der Waals surface area (Å²) in [5, 5.41) is 27.1. The van der Waals surface area contributed by atoms with Gasteiger partial charge in [0.15, 0.2) is 0 Å². The summed E-state index contributed by atoms with van der Waals surface area (Å²) in [4.78, 5) is 2.02. The molecule has 0 heterocycles. The maximum atomic E-state index is 9.22. The van der Waals surface area contributed by atoms with Crippen LogP contribution in [0.25, 0.3) is 0 Å². The van der Waals surface area contributed by atoms with Gasteiger partial charge in [-0.15, -0.1) is 0 Å². The SMILES string of the molecule is CC(O)CN(CCCCO)CC(C)O. The Labute approximate surface area is 86.2 Å². The summed E-state index contributed by atoms with van der Waals surface area (Å²) < 4.78 is 0. The highest BCUT2D eigenvalue weighted by Gasteiger charge is 2.10. The summed E-state index contributed by atoms with van der Waals surface area (Å²) in [5.74, 6) is 0. The Hall–Kier alpha value is -0.160. The molecule has 3 N–H and O–H groups in total. The van der Waals surface area contributed by atoms with Gasteiger partial charge in [0, 0.05) is 19.7 Å². The largest absolute Gasteiger partial charge is 0.396 e. The van der Waals surface area contributed by atoms with Crippen LogP contribution in [0.3, 0.4) is 0 Å². The van der Waals surface area contributed by atoms with Crippen LogP contribution in [0, 0.1) is 0 Å². The Morgan fingerprint density at radius 3 is 1.86 bits per heavy atom. The van der Waals surface area contributed by atoms with E-state index in [1.807, 2.05) is 4.90 Å². The van der Waals surface area contributed by atoms with Gasteiger partial charge in [0.05, 0.1) is 12.2 Å². The third-order valence-corrected chi connectivity index (χ3v) is 1.93. The summed E-state index contributed by atoms with van der Waals surface area (Å²) in [7, 11) is 0. The van der Waals surface area contributed by atoms with Crippen molar-refractivity contribution in [2.75, 3.05) is 26.2 Å². The van der Waals surface area contributed by atoms with E-state index in [1.165, 1.54) is 0 Å². The molecule has 0 rings (SSSR count). The molecule has 0 aromatic heterocycles. The van der Waals surface area contributed by atoms with Crippen LogP contribution in [0.15, 0.2) is 0 Å². The predicted molar refractivity (Wildman–Crippen MR) is 56.1 cm³/mol. The van der Waals surface area contributed by atoms with Crippen LogP contribution < -0.4 is 0 Å². The number of nitrogens with zero attached hydrogens (tertiary/aromatic N) is 1. The maximum Gasteiger partial charge on any atom is 0.0639 e. The lowest BCUT2D eigenvalue weighted by Crippen LogP contribution is -2.37. The van der Waals surface area contributed by atoms with E-state index in [9.17, 15) is 10.2 Å². The van der Waals surface area contributed by atoms with Crippen molar-refractivity contribution < 1.29 is 15.3 Å². The lowest BCUT2D eigenvalue weighted by atomic mass is 10.2. The smallest absolute Gasteiger partial charge is 0.0639 e. The third kappa shape index (κ3) is 8.44. The summed E-state index contributed by atoms with van der Waals surface area (Å²) in [6, 6.07) is 0. The molecule has 0 fully saturated rings. The second-order valence-corrected chi connectivity index (χ2v) is 3.89. The van der Waals surface area contributed by atoms with Gasteiger partial charge in [0.25, 0.3) is 0 Å². The molecular formula is C10H23NO3. The number of unbranched alkanes of at least 4 members (excludes halogenated alkanes) is 1. The van der Waals surface area contributed by atoms with Crippen LogP contribution in [-0.2, 0) is 0 Å². The minimum Gasteiger partial charge on any atom is -0.396 e. The molecular weight excluding hydrogens is 182 g/mol. The highest BCUT2D eigenvalue weighted by molar-refractivity contribution is 4.64. The average molecular weight is 205 g/mol. The van der Waals surface area contributed by atoms with Crippen molar-refractivity contribution in [2.24, 2.45) is 0 Å². The van der Waals surface area contributed by atoms with Crippen molar-refractivity contribution >= 4 is 0 Å². The van der Waals surface area contributed by atoms with E-state index in [1.54, 1.807) is 13.8 Å². The highest BCUT2D eigenvalue weighted by Crippen LogP contribution is 1.99. The standard InChI is InChI=1S/C10H23NO3/c1-9(13)7-11(8-10(2)14)5-3-4-6-12/h9-10,12-14H,3-8H2,1-2H3. The van der Waals surface area contributed by atoms with E-state index < -0.39 is 0 Å². The lowest BCUT2D eigenvalue weighted by Gasteiger charge is -2.24. The molecule has 2 unspecified atom stereocenters.